The summed E-state index contributed by atoms with van der Waals surface area (Å²) in [5, 5.41) is 8.72. The van der Waals surface area contributed by atoms with E-state index in [-0.39, 0.29) is 22.4 Å². The number of nitrogens with zero attached hydrogens (tertiary/aromatic N) is 1. The normalized spacial score (nSPS) is 10.3. The summed E-state index contributed by atoms with van der Waals surface area (Å²) in [6.07, 6.45) is 1.18. The highest BCUT2D eigenvalue weighted by Crippen LogP contribution is 2.29. The molecule has 0 saturated heterocycles. The number of hydrogen-bond donors (Lipinski definition) is 1. The van der Waals surface area contributed by atoms with E-state index in [1.807, 2.05) is 0 Å². The topological polar surface area (TPSA) is 59.4 Å². The van der Waals surface area contributed by atoms with Crippen molar-refractivity contribution in [2.24, 2.45) is 0 Å². The van der Waals surface area contributed by atoms with Crippen LogP contribution in [0.4, 0.5) is 8.78 Å². The Morgan fingerprint density at radius 2 is 2.10 bits per heavy atom. The predicted molar refractivity (Wildman–Crippen MR) is 69.6 cm³/mol. The van der Waals surface area contributed by atoms with Gasteiger partial charge in [0.25, 0.3) is 0 Å². The Morgan fingerprint density at radius 1 is 1.35 bits per heavy atom. The standard InChI is InChI=1S/C13H8BrF2NO3/c14-10-3-8(15)4-11(16)12(10)20-6-9-2-1-7(5-17-9)13(18)19/h1-5H,6H2,(H,18,19). The molecule has 7 heteroatoms. The zero-order valence-corrected chi connectivity index (χ0v) is 11.5. The van der Waals surface area contributed by atoms with Gasteiger partial charge in [0.2, 0.25) is 0 Å². The predicted octanol–water partition coefficient (Wildman–Crippen LogP) is 3.40. The number of hydrogen-bond acceptors (Lipinski definition) is 3. The van der Waals surface area contributed by atoms with E-state index in [0.717, 1.165) is 6.07 Å². The molecule has 0 atom stereocenters. The molecule has 1 N–H and O–H groups in total. The fraction of sp³-hybridized carbons (Fsp3) is 0.0769. The van der Waals surface area contributed by atoms with Gasteiger partial charge >= 0.3 is 5.97 Å². The highest BCUT2D eigenvalue weighted by atomic mass is 79.9. The monoisotopic (exact) mass is 343 g/mol. The number of carboxylic acids is 1. The molecule has 0 aliphatic carbocycles. The minimum absolute atomic E-state index is 0.0443. The van der Waals surface area contributed by atoms with Crippen LogP contribution < -0.4 is 4.74 Å². The first-order valence-electron chi connectivity index (χ1n) is 5.43. The third-order valence-electron chi connectivity index (χ3n) is 2.40. The summed E-state index contributed by atoms with van der Waals surface area (Å²) in [6, 6.07) is 4.61. The first-order chi connectivity index (χ1) is 9.47. The van der Waals surface area contributed by atoms with Gasteiger partial charge in [-0.25, -0.2) is 13.6 Å². The number of carbonyl (C=O) groups is 1. The van der Waals surface area contributed by atoms with Crippen LogP contribution in [0, 0.1) is 11.6 Å². The Labute approximate surface area is 121 Å². The maximum absolute atomic E-state index is 13.5. The Balaban J connectivity index is 2.11. The van der Waals surface area contributed by atoms with Crippen LogP contribution in [0.5, 0.6) is 5.75 Å². The number of aromatic carboxylic acids is 1. The van der Waals surface area contributed by atoms with Gasteiger partial charge in [0.15, 0.2) is 11.6 Å². The molecule has 2 rings (SSSR count). The van der Waals surface area contributed by atoms with Crippen molar-refractivity contribution in [3.05, 3.63) is 57.8 Å². The van der Waals surface area contributed by atoms with Gasteiger partial charge in [-0.05, 0) is 34.1 Å². The molecule has 0 unspecified atom stereocenters. The van der Waals surface area contributed by atoms with Gasteiger partial charge < -0.3 is 9.84 Å². The molecule has 0 radical (unpaired) electrons. The number of carboxylic acid groups (broad SMARTS) is 1. The van der Waals surface area contributed by atoms with E-state index in [9.17, 15) is 13.6 Å². The molecular formula is C13H8BrF2NO3. The number of rotatable bonds is 4. The van der Waals surface area contributed by atoms with Crippen molar-refractivity contribution >= 4 is 21.9 Å². The maximum atomic E-state index is 13.5. The van der Waals surface area contributed by atoms with Crippen LogP contribution in [0.15, 0.2) is 34.9 Å². The molecule has 0 spiro atoms. The zero-order valence-electron chi connectivity index (χ0n) is 9.94. The van der Waals surface area contributed by atoms with Crippen LogP contribution in [0.1, 0.15) is 16.1 Å². The third kappa shape index (κ3) is 3.30. The minimum atomic E-state index is -1.09. The molecule has 1 aromatic heterocycles. The fourth-order valence-corrected chi connectivity index (χ4v) is 1.97. The van der Waals surface area contributed by atoms with Crippen molar-refractivity contribution in [1.82, 2.24) is 4.98 Å². The summed E-state index contributed by atoms with van der Waals surface area (Å²) in [4.78, 5) is 14.5. The molecule has 0 saturated carbocycles. The van der Waals surface area contributed by atoms with Gasteiger partial charge in [0.05, 0.1) is 15.7 Å². The summed E-state index contributed by atoms with van der Waals surface area (Å²) in [6.45, 7) is -0.0684. The second-order valence-corrected chi connectivity index (χ2v) is 4.68. The highest BCUT2D eigenvalue weighted by molar-refractivity contribution is 9.10. The zero-order chi connectivity index (χ0) is 14.7. The van der Waals surface area contributed by atoms with E-state index in [1.54, 1.807) is 0 Å². The quantitative estimate of drug-likeness (QED) is 0.924. The molecular weight excluding hydrogens is 336 g/mol. The van der Waals surface area contributed by atoms with E-state index in [4.69, 9.17) is 9.84 Å². The number of ether oxygens (including phenoxy) is 1. The molecule has 4 nitrogen and oxygen atoms in total. The third-order valence-corrected chi connectivity index (χ3v) is 2.99. The summed E-state index contributed by atoms with van der Waals surface area (Å²) < 4.78 is 31.7. The lowest BCUT2D eigenvalue weighted by molar-refractivity contribution is 0.0696. The highest BCUT2D eigenvalue weighted by Gasteiger charge is 2.11. The van der Waals surface area contributed by atoms with Gasteiger partial charge in [-0.3, -0.25) is 4.98 Å². The average molecular weight is 344 g/mol. The average Bonchev–Trinajstić information content (AvgIpc) is 2.38. The first kappa shape index (κ1) is 14.4. The number of halogens is 3. The molecule has 20 heavy (non-hydrogen) atoms. The fourth-order valence-electron chi connectivity index (χ4n) is 1.45. The van der Waals surface area contributed by atoms with Crippen LogP contribution >= 0.6 is 15.9 Å². The number of aromatic nitrogens is 1. The Morgan fingerprint density at radius 3 is 2.65 bits per heavy atom. The minimum Gasteiger partial charge on any atom is -0.483 e. The molecule has 0 bridgehead atoms. The van der Waals surface area contributed by atoms with Gasteiger partial charge in [-0.15, -0.1) is 0 Å². The van der Waals surface area contributed by atoms with Gasteiger partial charge in [0.1, 0.15) is 12.4 Å². The Bertz CT molecular complexity index is 624. The Kier molecular flexibility index (Phi) is 4.29. The van der Waals surface area contributed by atoms with Crippen LogP contribution in [-0.2, 0) is 6.61 Å². The summed E-state index contributed by atoms with van der Waals surface area (Å²) in [5.41, 5.74) is 0.466. The maximum Gasteiger partial charge on any atom is 0.337 e. The first-order valence-corrected chi connectivity index (χ1v) is 6.22. The largest absolute Gasteiger partial charge is 0.483 e. The van der Waals surface area contributed by atoms with Crippen molar-refractivity contribution in [3.63, 3.8) is 0 Å². The van der Waals surface area contributed by atoms with Crippen molar-refractivity contribution in [1.29, 1.82) is 0 Å². The van der Waals surface area contributed by atoms with E-state index in [1.165, 1.54) is 18.3 Å². The van der Waals surface area contributed by atoms with Crippen molar-refractivity contribution < 1.29 is 23.4 Å². The van der Waals surface area contributed by atoms with E-state index < -0.39 is 17.6 Å². The summed E-state index contributed by atoms with van der Waals surface area (Å²) in [5.74, 6) is -2.77. The van der Waals surface area contributed by atoms with Crippen molar-refractivity contribution in [2.75, 3.05) is 0 Å². The Hall–Kier alpha value is -2.02. The molecule has 0 aliphatic rings. The lowest BCUT2D eigenvalue weighted by Gasteiger charge is -2.09. The van der Waals surface area contributed by atoms with Gasteiger partial charge in [0, 0.05) is 12.3 Å². The summed E-state index contributed by atoms with van der Waals surface area (Å²) in [7, 11) is 0. The van der Waals surface area contributed by atoms with Crippen molar-refractivity contribution in [3.8, 4) is 5.75 Å². The SMILES string of the molecule is O=C(O)c1ccc(COc2c(F)cc(F)cc2Br)nc1. The number of pyridine rings is 1. The van der Waals surface area contributed by atoms with Crippen LogP contribution in [0.25, 0.3) is 0 Å². The smallest absolute Gasteiger partial charge is 0.337 e. The molecule has 0 aliphatic heterocycles. The van der Waals surface area contributed by atoms with Crippen molar-refractivity contribution in [2.45, 2.75) is 6.61 Å². The van der Waals surface area contributed by atoms with Gasteiger partial charge in [-0.2, -0.15) is 0 Å². The second kappa shape index (κ2) is 5.96. The molecule has 1 heterocycles. The molecule has 104 valence electrons. The van der Waals surface area contributed by atoms with Crippen LogP contribution in [0.2, 0.25) is 0 Å². The van der Waals surface area contributed by atoms with E-state index >= 15 is 0 Å². The molecule has 2 aromatic rings. The van der Waals surface area contributed by atoms with Gasteiger partial charge in [-0.1, -0.05) is 0 Å². The lowest BCUT2D eigenvalue weighted by atomic mass is 10.2. The van der Waals surface area contributed by atoms with Crippen LogP contribution in [0.3, 0.4) is 0 Å². The van der Waals surface area contributed by atoms with Crippen LogP contribution in [-0.4, -0.2) is 16.1 Å². The number of benzene rings is 1. The second-order valence-electron chi connectivity index (χ2n) is 3.83. The molecule has 0 fully saturated rings. The summed E-state index contributed by atoms with van der Waals surface area (Å²) >= 11 is 3.00. The lowest BCUT2D eigenvalue weighted by Crippen LogP contribution is -2.03. The molecule has 0 amide bonds. The molecule has 1 aromatic carbocycles. The van der Waals surface area contributed by atoms with E-state index in [2.05, 4.69) is 20.9 Å². The van der Waals surface area contributed by atoms with E-state index in [0.29, 0.717) is 11.8 Å².